The zero-order valence-electron chi connectivity index (χ0n) is 17.7. The van der Waals surface area contributed by atoms with E-state index in [0.29, 0.717) is 49.8 Å². The molecule has 8 nitrogen and oxygen atoms in total. The van der Waals surface area contributed by atoms with Crippen molar-refractivity contribution in [2.75, 3.05) is 14.2 Å². The molecule has 166 valence electrons. The second-order valence-corrected chi connectivity index (χ2v) is 8.90. The van der Waals surface area contributed by atoms with Gasteiger partial charge in [-0.2, -0.15) is 4.98 Å². The number of halogens is 2. The Morgan fingerprint density at radius 3 is 2.44 bits per heavy atom. The van der Waals surface area contributed by atoms with E-state index in [1.165, 1.54) is 11.8 Å². The van der Waals surface area contributed by atoms with Crippen molar-refractivity contribution in [3.8, 4) is 28.6 Å². The van der Waals surface area contributed by atoms with Crippen molar-refractivity contribution < 1.29 is 14.0 Å². The van der Waals surface area contributed by atoms with Gasteiger partial charge in [0.05, 0.1) is 35.7 Å². The van der Waals surface area contributed by atoms with Crippen LogP contribution in [0, 0.1) is 6.92 Å². The van der Waals surface area contributed by atoms with E-state index in [1.807, 2.05) is 17.6 Å². The number of aromatic nitrogens is 5. The van der Waals surface area contributed by atoms with Crippen LogP contribution in [0.15, 0.2) is 46.1 Å². The van der Waals surface area contributed by atoms with Crippen LogP contribution in [0.1, 0.15) is 23.9 Å². The predicted molar refractivity (Wildman–Crippen MR) is 123 cm³/mol. The van der Waals surface area contributed by atoms with E-state index in [4.69, 9.17) is 37.2 Å². The molecule has 0 fully saturated rings. The fourth-order valence-electron chi connectivity index (χ4n) is 3.09. The maximum atomic E-state index is 6.42. The lowest BCUT2D eigenvalue weighted by Gasteiger charge is -2.15. The molecular weight excluding hydrogens is 473 g/mol. The highest BCUT2D eigenvalue weighted by Gasteiger charge is 2.24. The van der Waals surface area contributed by atoms with Gasteiger partial charge in [0.2, 0.25) is 5.89 Å². The number of aryl methyl sites for hydroxylation is 1. The number of ether oxygens (including phenoxy) is 2. The summed E-state index contributed by atoms with van der Waals surface area (Å²) in [5, 5.41) is 14.2. The molecule has 0 saturated carbocycles. The molecular formula is C21H19Cl2N5O3S. The topological polar surface area (TPSA) is 88.1 Å². The fraction of sp³-hybridized carbons (Fsp3) is 0.238. The van der Waals surface area contributed by atoms with Crippen molar-refractivity contribution in [3.05, 3.63) is 58.2 Å². The molecule has 2 aromatic carbocycles. The highest BCUT2D eigenvalue weighted by Crippen LogP contribution is 2.40. The van der Waals surface area contributed by atoms with Crippen LogP contribution in [0.5, 0.6) is 11.5 Å². The maximum Gasteiger partial charge on any atom is 0.239 e. The van der Waals surface area contributed by atoms with Crippen LogP contribution in [0.2, 0.25) is 10.0 Å². The van der Waals surface area contributed by atoms with Gasteiger partial charge >= 0.3 is 0 Å². The maximum absolute atomic E-state index is 6.42. The largest absolute Gasteiger partial charge is 0.496 e. The Hall–Kier alpha value is -2.75. The first-order valence-electron chi connectivity index (χ1n) is 9.51. The third-order valence-electron chi connectivity index (χ3n) is 4.60. The van der Waals surface area contributed by atoms with Crippen molar-refractivity contribution >= 4 is 35.0 Å². The highest BCUT2D eigenvalue weighted by molar-refractivity contribution is 7.99. The number of nitrogens with zero attached hydrogens (tertiary/aromatic N) is 5. The van der Waals surface area contributed by atoms with E-state index in [2.05, 4.69) is 20.3 Å². The highest BCUT2D eigenvalue weighted by atomic mass is 35.5. The molecule has 4 rings (SSSR count). The second kappa shape index (κ2) is 9.40. The van der Waals surface area contributed by atoms with Crippen molar-refractivity contribution in [2.45, 2.75) is 24.3 Å². The van der Waals surface area contributed by atoms with Crippen LogP contribution in [-0.2, 0) is 0 Å². The van der Waals surface area contributed by atoms with Crippen molar-refractivity contribution in [1.82, 2.24) is 24.9 Å². The number of hydrogen-bond acceptors (Lipinski definition) is 8. The first-order valence-corrected chi connectivity index (χ1v) is 11.1. The van der Waals surface area contributed by atoms with Crippen LogP contribution >= 0.6 is 35.0 Å². The summed E-state index contributed by atoms with van der Waals surface area (Å²) >= 11 is 14.1. The van der Waals surface area contributed by atoms with Gasteiger partial charge in [-0.3, -0.25) is 4.57 Å². The third-order valence-corrected chi connectivity index (χ3v) is 6.16. The number of rotatable bonds is 7. The summed E-state index contributed by atoms with van der Waals surface area (Å²) in [5.41, 5.74) is 1.43. The molecule has 11 heteroatoms. The molecule has 0 aliphatic rings. The second-order valence-electron chi connectivity index (χ2n) is 6.74. The summed E-state index contributed by atoms with van der Waals surface area (Å²) in [7, 11) is 3.16. The van der Waals surface area contributed by atoms with E-state index in [0.717, 1.165) is 5.69 Å². The molecule has 0 bridgehead atoms. The molecule has 0 saturated heterocycles. The molecule has 0 spiro atoms. The smallest absolute Gasteiger partial charge is 0.239 e. The zero-order chi connectivity index (χ0) is 22.8. The predicted octanol–water partition coefficient (Wildman–Crippen LogP) is 5.80. The van der Waals surface area contributed by atoms with Crippen LogP contribution < -0.4 is 9.47 Å². The van der Waals surface area contributed by atoms with Gasteiger partial charge in [0.25, 0.3) is 0 Å². The third kappa shape index (κ3) is 4.41. The average Bonchev–Trinajstić information content (AvgIpc) is 3.40. The minimum Gasteiger partial charge on any atom is -0.496 e. The quantitative estimate of drug-likeness (QED) is 0.299. The van der Waals surface area contributed by atoms with E-state index in [-0.39, 0.29) is 5.25 Å². The first-order chi connectivity index (χ1) is 15.4. The molecule has 1 atom stereocenters. The molecule has 0 N–H and O–H groups in total. The summed E-state index contributed by atoms with van der Waals surface area (Å²) in [6, 6.07) is 10.8. The summed E-state index contributed by atoms with van der Waals surface area (Å²) < 4.78 is 18.0. The number of methoxy groups -OCH3 is 2. The number of hydrogen-bond donors (Lipinski definition) is 0. The van der Waals surface area contributed by atoms with Gasteiger partial charge in [0.15, 0.2) is 16.8 Å². The van der Waals surface area contributed by atoms with Gasteiger partial charge in [-0.15, -0.1) is 10.2 Å². The van der Waals surface area contributed by atoms with E-state index >= 15 is 0 Å². The molecule has 2 heterocycles. The Balaban J connectivity index is 1.86. The molecule has 0 aliphatic carbocycles. The Morgan fingerprint density at radius 1 is 1.03 bits per heavy atom. The number of thioether (sulfide) groups is 1. The average molecular weight is 492 g/mol. The van der Waals surface area contributed by atoms with Crippen molar-refractivity contribution in [3.63, 3.8) is 0 Å². The van der Waals surface area contributed by atoms with Gasteiger partial charge in [-0.25, -0.2) is 0 Å². The van der Waals surface area contributed by atoms with Crippen molar-refractivity contribution in [2.24, 2.45) is 0 Å². The zero-order valence-corrected chi connectivity index (χ0v) is 20.0. The van der Waals surface area contributed by atoms with Gasteiger partial charge in [0.1, 0.15) is 11.5 Å². The summed E-state index contributed by atoms with van der Waals surface area (Å²) in [4.78, 5) is 4.32. The van der Waals surface area contributed by atoms with Gasteiger partial charge in [-0.05, 0) is 50.2 Å². The van der Waals surface area contributed by atoms with E-state index in [9.17, 15) is 0 Å². The van der Waals surface area contributed by atoms with Gasteiger partial charge in [0, 0.05) is 5.02 Å². The molecule has 0 radical (unpaired) electrons. The lowest BCUT2D eigenvalue weighted by atomic mass is 10.2. The Kier molecular flexibility index (Phi) is 6.59. The first kappa shape index (κ1) is 22.4. The molecule has 2 aromatic heterocycles. The summed E-state index contributed by atoms with van der Waals surface area (Å²) in [6.45, 7) is 3.73. The molecule has 0 amide bonds. The van der Waals surface area contributed by atoms with Crippen LogP contribution in [0.3, 0.4) is 0 Å². The number of benzene rings is 2. The molecule has 32 heavy (non-hydrogen) atoms. The normalized spacial score (nSPS) is 12.1. The van der Waals surface area contributed by atoms with Crippen LogP contribution in [-0.4, -0.2) is 39.1 Å². The lowest BCUT2D eigenvalue weighted by molar-refractivity contribution is 0.376. The van der Waals surface area contributed by atoms with Gasteiger partial charge in [-0.1, -0.05) is 40.1 Å². The van der Waals surface area contributed by atoms with E-state index in [1.54, 1.807) is 51.5 Å². The van der Waals surface area contributed by atoms with Gasteiger partial charge < -0.3 is 14.0 Å². The SMILES string of the molecule is COc1ccc(-n2c(SC(C)c3nc(C)no3)nnc2-c2cc(Cl)ccc2OC)cc1Cl. The Morgan fingerprint density at radius 2 is 1.78 bits per heavy atom. The molecule has 1 unspecified atom stereocenters. The Labute approximate surface area is 198 Å². The summed E-state index contributed by atoms with van der Waals surface area (Å²) in [6.07, 6.45) is 0. The monoisotopic (exact) mass is 491 g/mol. The van der Waals surface area contributed by atoms with Crippen molar-refractivity contribution in [1.29, 1.82) is 0 Å². The van der Waals surface area contributed by atoms with Crippen LogP contribution in [0.25, 0.3) is 17.1 Å². The fourth-order valence-corrected chi connectivity index (χ4v) is 4.41. The minimum atomic E-state index is -0.165. The molecule has 4 aromatic rings. The van der Waals surface area contributed by atoms with E-state index < -0.39 is 0 Å². The Bertz CT molecular complexity index is 1260. The van der Waals surface area contributed by atoms with Crippen LogP contribution in [0.4, 0.5) is 0 Å². The minimum absolute atomic E-state index is 0.165. The summed E-state index contributed by atoms with van der Waals surface area (Å²) in [5.74, 6) is 2.79. The molecule has 0 aliphatic heterocycles. The lowest BCUT2D eigenvalue weighted by Crippen LogP contribution is -2.02. The standard InChI is InChI=1S/C21H19Cl2N5O3S/c1-11(20-24-12(2)27-31-20)32-21-26-25-19(15-9-13(22)5-7-17(15)29-3)28(21)14-6-8-18(30-4)16(23)10-14/h5-11H,1-4H3.